The normalized spacial score (nSPS) is 26.9. The molecule has 0 aromatic rings. The first-order valence-electron chi connectivity index (χ1n) is 3.84. The number of ether oxygens (including phenoxy) is 1. The SMILES string of the molecule is COC(=O)C1CCNC1C(F)(F)F.Cl. The molecule has 1 aliphatic rings. The van der Waals surface area contributed by atoms with Crippen molar-refractivity contribution in [3.63, 3.8) is 0 Å². The first-order valence-corrected chi connectivity index (χ1v) is 3.84. The third-order valence-corrected chi connectivity index (χ3v) is 2.08. The van der Waals surface area contributed by atoms with E-state index in [-0.39, 0.29) is 25.4 Å². The van der Waals surface area contributed by atoms with E-state index in [0.29, 0.717) is 0 Å². The highest BCUT2D eigenvalue weighted by molar-refractivity contribution is 5.85. The Morgan fingerprint density at radius 2 is 2.07 bits per heavy atom. The average Bonchev–Trinajstić information content (AvgIpc) is 2.49. The lowest BCUT2D eigenvalue weighted by atomic mass is 10.0. The second-order valence-electron chi connectivity index (χ2n) is 2.89. The van der Waals surface area contributed by atoms with Crippen LogP contribution >= 0.6 is 12.4 Å². The molecule has 1 heterocycles. The lowest BCUT2D eigenvalue weighted by Crippen LogP contribution is -2.44. The molecule has 2 unspecified atom stereocenters. The molecule has 7 heteroatoms. The fourth-order valence-electron chi connectivity index (χ4n) is 1.45. The van der Waals surface area contributed by atoms with E-state index in [1.54, 1.807) is 0 Å². The maximum absolute atomic E-state index is 12.2. The molecule has 0 spiro atoms. The Hall–Kier alpha value is -0.490. The van der Waals surface area contributed by atoms with Crippen LogP contribution in [0.1, 0.15) is 6.42 Å². The molecule has 1 N–H and O–H groups in total. The van der Waals surface area contributed by atoms with Gasteiger partial charge in [-0.3, -0.25) is 4.79 Å². The van der Waals surface area contributed by atoms with Crippen LogP contribution in [0.4, 0.5) is 13.2 Å². The smallest absolute Gasteiger partial charge is 0.404 e. The lowest BCUT2D eigenvalue weighted by Gasteiger charge is -2.20. The zero-order chi connectivity index (χ0) is 10.1. The summed E-state index contributed by atoms with van der Waals surface area (Å²) in [4.78, 5) is 10.9. The summed E-state index contributed by atoms with van der Waals surface area (Å²) in [7, 11) is 1.09. The largest absolute Gasteiger partial charge is 0.469 e. The molecule has 0 aromatic heterocycles. The molecular formula is C7H11ClF3NO2. The molecule has 3 nitrogen and oxygen atoms in total. The van der Waals surface area contributed by atoms with Gasteiger partial charge in [-0.15, -0.1) is 12.4 Å². The Labute approximate surface area is 85.4 Å². The van der Waals surface area contributed by atoms with Crippen molar-refractivity contribution in [3.8, 4) is 0 Å². The number of esters is 1. The van der Waals surface area contributed by atoms with Gasteiger partial charge in [-0.2, -0.15) is 13.2 Å². The number of carbonyl (C=O) groups excluding carboxylic acids is 1. The van der Waals surface area contributed by atoms with Gasteiger partial charge in [-0.1, -0.05) is 0 Å². The minimum absolute atomic E-state index is 0. The Balaban J connectivity index is 0.00000169. The molecule has 0 saturated carbocycles. The van der Waals surface area contributed by atoms with Crippen LogP contribution in [0.25, 0.3) is 0 Å². The maximum Gasteiger partial charge on any atom is 0.404 e. The second-order valence-corrected chi connectivity index (χ2v) is 2.89. The summed E-state index contributed by atoms with van der Waals surface area (Å²) in [5, 5.41) is 2.24. The van der Waals surface area contributed by atoms with Gasteiger partial charge < -0.3 is 10.1 Å². The quantitative estimate of drug-likeness (QED) is 0.690. The topological polar surface area (TPSA) is 38.3 Å². The molecule has 0 aromatic carbocycles. The Kier molecular flexibility index (Phi) is 4.67. The third-order valence-electron chi connectivity index (χ3n) is 2.08. The summed E-state index contributed by atoms with van der Waals surface area (Å²) in [6, 6.07) is -1.75. The second kappa shape index (κ2) is 4.84. The van der Waals surface area contributed by atoms with Crippen molar-refractivity contribution in [2.75, 3.05) is 13.7 Å². The molecule has 84 valence electrons. The van der Waals surface area contributed by atoms with Crippen LogP contribution in [0.2, 0.25) is 0 Å². The first-order chi connectivity index (χ1) is 5.96. The number of rotatable bonds is 1. The van der Waals surface area contributed by atoms with Crippen molar-refractivity contribution in [3.05, 3.63) is 0 Å². The Morgan fingerprint density at radius 3 is 2.50 bits per heavy atom. The van der Waals surface area contributed by atoms with Gasteiger partial charge in [0.1, 0.15) is 6.04 Å². The van der Waals surface area contributed by atoms with Gasteiger partial charge in [0.25, 0.3) is 0 Å². The van der Waals surface area contributed by atoms with E-state index in [2.05, 4.69) is 10.1 Å². The van der Waals surface area contributed by atoms with Crippen LogP contribution in [0.5, 0.6) is 0 Å². The summed E-state index contributed by atoms with van der Waals surface area (Å²) in [5.41, 5.74) is 0. The van der Waals surface area contributed by atoms with E-state index in [1.807, 2.05) is 0 Å². The zero-order valence-corrected chi connectivity index (χ0v) is 8.24. The molecule has 2 atom stereocenters. The van der Waals surface area contributed by atoms with Crippen LogP contribution in [-0.4, -0.2) is 31.8 Å². The van der Waals surface area contributed by atoms with Crippen molar-refractivity contribution < 1.29 is 22.7 Å². The third kappa shape index (κ3) is 2.75. The minimum Gasteiger partial charge on any atom is -0.469 e. The number of alkyl halides is 3. The summed E-state index contributed by atoms with van der Waals surface area (Å²) < 4.78 is 41.0. The highest BCUT2D eigenvalue weighted by atomic mass is 35.5. The average molecular weight is 234 g/mol. The molecule has 1 aliphatic heterocycles. The van der Waals surface area contributed by atoms with Crippen LogP contribution < -0.4 is 5.32 Å². The fourth-order valence-corrected chi connectivity index (χ4v) is 1.45. The van der Waals surface area contributed by atoms with Gasteiger partial charge in [-0.25, -0.2) is 0 Å². The highest BCUT2D eigenvalue weighted by Crippen LogP contribution is 2.31. The van der Waals surface area contributed by atoms with Crippen LogP contribution in [0.15, 0.2) is 0 Å². The van der Waals surface area contributed by atoms with Crippen LogP contribution in [-0.2, 0) is 9.53 Å². The van der Waals surface area contributed by atoms with Gasteiger partial charge in [-0.05, 0) is 13.0 Å². The van der Waals surface area contributed by atoms with Gasteiger partial charge in [0.05, 0.1) is 13.0 Å². The highest BCUT2D eigenvalue weighted by Gasteiger charge is 2.50. The van der Waals surface area contributed by atoms with E-state index in [0.717, 1.165) is 7.11 Å². The number of methoxy groups -OCH3 is 1. The maximum atomic E-state index is 12.2. The van der Waals surface area contributed by atoms with E-state index in [4.69, 9.17) is 0 Å². The van der Waals surface area contributed by atoms with Gasteiger partial charge >= 0.3 is 12.1 Å². The summed E-state index contributed by atoms with van der Waals surface area (Å²) in [6.07, 6.45) is -4.20. The summed E-state index contributed by atoms with van der Waals surface area (Å²) in [5.74, 6) is -1.89. The number of nitrogens with one attached hydrogen (secondary N) is 1. The molecule has 0 amide bonds. The van der Waals surface area contributed by atoms with Crippen molar-refractivity contribution in [2.45, 2.75) is 18.6 Å². The number of carbonyl (C=O) groups is 1. The first kappa shape index (κ1) is 13.5. The number of hydrogen-bond donors (Lipinski definition) is 1. The molecule has 1 fully saturated rings. The molecule has 0 bridgehead atoms. The predicted molar refractivity (Wildman–Crippen MR) is 45.2 cm³/mol. The number of halogens is 4. The van der Waals surface area contributed by atoms with E-state index >= 15 is 0 Å². The van der Waals surface area contributed by atoms with Crippen molar-refractivity contribution in [1.29, 1.82) is 0 Å². The Morgan fingerprint density at radius 1 is 1.50 bits per heavy atom. The van der Waals surface area contributed by atoms with Crippen molar-refractivity contribution in [2.24, 2.45) is 5.92 Å². The van der Waals surface area contributed by atoms with Crippen molar-refractivity contribution in [1.82, 2.24) is 5.32 Å². The minimum atomic E-state index is -4.38. The van der Waals surface area contributed by atoms with Crippen LogP contribution in [0, 0.1) is 5.92 Å². The van der Waals surface area contributed by atoms with Gasteiger partial charge in [0.2, 0.25) is 0 Å². The molecule has 14 heavy (non-hydrogen) atoms. The van der Waals surface area contributed by atoms with E-state index in [1.165, 1.54) is 0 Å². The monoisotopic (exact) mass is 233 g/mol. The number of hydrogen-bond acceptors (Lipinski definition) is 3. The molecule has 1 saturated heterocycles. The molecule has 0 aliphatic carbocycles. The van der Waals surface area contributed by atoms with E-state index in [9.17, 15) is 18.0 Å². The summed E-state index contributed by atoms with van der Waals surface area (Å²) >= 11 is 0. The standard InChI is InChI=1S/C7H10F3NO2.ClH/c1-13-6(12)4-2-3-11-5(4)7(8,9)10;/h4-5,11H,2-3H2,1H3;1H. The predicted octanol–water partition coefficient (Wildman–Crippen LogP) is 1.12. The van der Waals surface area contributed by atoms with Gasteiger partial charge in [0, 0.05) is 0 Å². The molecule has 1 rings (SSSR count). The summed E-state index contributed by atoms with van der Waals surface area (Å²) in [6.45, 7) is 0.198. The zero-order valence-electron chi connectivity index (χ0n) is 7.43. The molecular weight excluding hydrogens is 223 g/mol. The fraction of sp³-hybridized carbons (Fsp3) is 0.857. The van der Waals surface area contributed by atoms with Crippen LogP contribution in [0.3, 0.4) is 0 Å². The van der Waals surface area contributed by atoms with E-state index < -0.39 is 24.1 Å². The molecule has 0 radical (unpaired) electrons. The van der Waals surface area contributed by atoms with Gasteiger partial charge in [0.15, 0.2) is 0 Å². The lowest BCUT2D eigenvalue weighted by molar-refractivity contribution is -0.174. The Bertz CT molecular complexity index is 210. The van der Waals surface area contributed by atoms with Crippen molar-refractivity contribution >= 4 is 18.4 Å².